The lowest BCUT2D eigenvalue weighted by Gasteiger charge is -2.10. The number of ether oxygens (including phenoxy) is 2. The van der Waals surface area contributed by atoms with E-state index in [-0.39, 0.29) is 6.03 Å². The molecule has 0 atom stereocenters. The van der Waals surface area contributed by atoms with E-state index in [0.29, 0.717) is 24.5 Å². The first-order valence-corrected chi connectivity index (χ1v) is 8.11. The van der Waals surface area contributed by atoms with E-state index in [1.54, 1.807) is 20.4 Å². The molecule has 0 unspecified atom stereocenters. The predicted molar refractivity (Wildman–Crippen MR) is 100.0 cm³/mol. The second kappa shape index (κ2) is 9.37. The van der Waals surface area contributed by atoms with E-state index < -0.39 is 0 Å². The first-order chi connectivity index (χ1) is 12.1. The van der Waals surface area contributed by atoms with Gasteiger partial charge in [-0.25, -0.2) is 4.79 Å². The number of hydrogen-bond acceptors (Lipinski definition) is 3. The fourth-order valence-corrected chi connectivity index (χ4v) is 2.39. The highest BCUT2D eigenvalue weighted by Gasteiger charge is 2.05. The van der Waals surface area contributed by atoms with Gasteiger partial charge in [0.25, 0.3) is 0 Å². The summed E-state index contributed by atoms with van der Waals surface area (Å²) in [6, 6.07) is 13.5. The molecule has 25 heavy (non-hydrogen) atoms. The average Bonchev–Trinajstić information content (AvgIpc) is 2.63. The van der Waals surface area contributed by atoms with Crippen LogP contribution in [-0.2, 0) is 6.42 Å². The largest absolute Gasteiger partial charge is 0.493 e. The van der Waals surface area contributed by atoms with Crippen LogP contribution in [-0.4, -0.2) is 26.8 Å². The van der Waals surface area contributed by atoms with Crippen LogP contribution in [0.25, 0.3) is 6.08 Å². The van der Waals surface area contributed by atoms with Crippen molar-refractivity contribution in [3.63, 3.8) is 0 Å². The van der Waals surface area contributed by atoms with Crippen molar-refractivity contribution >= 4 is 12.1 Å². The van der Waals surface area contributed by atoms with Crippen molar-refractivity contribution in [1.29, 1.82) is 0 Å². The van der Waals surface area contributed by atoms with Gasteiger partial charge < -0.3 is 20.1 Å². The van der Waals surface area contributed by atoms with E-state index in [1.165, 1.54) is 0 Å². The van der Waals surface area contributed by atoms with Crippen LogP contribution < -0.4 is 20.1 Å². The normalized spacial score (nSPS) is 10.5. The lowest BCUT2D eigenvalue weighted by atomic mass is 10.1. The Labute approximate surface area is 148 Å². The van der Waals surface area contributed by atoms with Crippen LogP contribution in [0.15, 0.2) is 48.7 Å². The molecule has 0 heterocycles. The van der Waals surface area contributed by atoms with Gasteiger partial charge in [0.15, 0.2) is 11.5 Å². The molecular formula is C20H24N2O3. The summed E-state index contributed by atoms with van der Waals surface area (Å²) >= 11 is 0. The molecule has 0 fully saturated rings. The van der Waals surface area contributed by atoms with E-state index in [9.17, 15) is 4.79 Å². The number of amides is 2. The Balaban J connectivity index is 1.78. The zero-order chi connectivity index (χ0) is 18.1. The summed E-state index contributed by atoms with van der Waals surface area (Å²) in [4.78, 5) is 11.8. The fraction of sp³-hybridized carbons (Fsp3) is 0.250. The van der Waals surface area contributed by atoms with E-state index in [4.69, 9.17) is 9.47 Å². The Morgan fingerprint density at radius 1 is 1.08 bits per heavy atom. The number of rotatable bonds is 7. The number of methoxy groups -OCH3 is 2. The summed E-state index contributed by atoms with van der Waals surface area (Å²) in [5.41, 5.74) is 3.30. The van der Waals surface area contributed by atoms with Gasteiger partial charge in [0.2, 0.25) is 0 Å². The molecule has 5 nitrogen and oxygen atoms in total. The minimum Gasteiger partial charge on any atom is -0.493 e. The highest BCUT2D eigenvalue weighted by molar-refractivity contribution is 5.76. The van der Waals surface area contributed by atoms with Gasteiger partial charge in [0.1, 0.15) is 0 Å². The van der Waals surface area contributed by atoms with E-state index in [2.05, 4.69) is 10.6 Å². The second-order valence-electron chi connectivity index (χ2n) is 5.53. The van der Waals surface area contributed by atoms with Gasteiger partial charge in [0, 0.05) is 12.7 Å². The Kier molecular flexibility index (Phi) is 6.89. The summed E-state index contributed by atoms with van der Waals surface area (Å²) in [6.45, 7) is 2.56. The molecule has 2 aromatic rings. The lowest BCUT2D eigenvalue weighted by molar-refractivity contribution is 0.244. The Hall–Kier alpha value is -2.95. The molecule has 0 radical (unpaired) electrons. The molecule has 2 rings (SSSR count). The number of hydrogen-bond donors (Lipinski definition) is 2. The van der Waals surface area contributed by atoms with E-state index in [1.807, 2.05) is 55.5 Å². The third-order valence-corrected chi connectivity index (χ3v) is 3.81. The van der Waals surface area contributed by atoms with Crippen LogP contribution >= 0.6 is 0 Å². The Morgan fingerprint density at radius 2 is 1.84 bits per heavy atom. The maximum atomic E-state index is 11.8. The van der Waals surface area contributed by atoms with Crippen molar-refractivity contribution in [1.82, 2.24) is 10.6 Å². The molecule has 0 bridgehead atoms. The number of aryl methyl sites for hydroxylation is 1. The van der Waals surface area contributed by atoms with Crippen molar-refractivity contribution in [2.24, 2.45) is 0 Å². The summed E-state index contributed by atoms with van der Waals surface area (Å²) in [7, 11) is 3.21. The number of benzene rings is 2. The molecule has 0 saturated heterocycles. The second-order valence-corrected chi connectivity index (χ2v) is 5.53. The monoisotopic (exact) mass is 340 g/mol. The maximum absolute atomic E-state index is 11.8. The number of carbonyl (C=O) groups is 1. The van der Waals surface area contributed by atoms with E-state index >= 15 is 0 Å². The van der Waals surface area contributed by atoms with Crippen molar-refractivity contribution in [3.8, 4) is 11.5 Å². The molecular weight excluding hydrogens is 316 g/mol. The number of nitrogens with one attached hydrogen (secondary N) is 2. The van der Waals surface area contributed by atoms with Crippen molar-refractivity contribution in [3.05, 3.63) is 65.4 Å². The fourth-order valence-electron chi connectivity index (χ4n) is 2.39. The summed E-state index contributed by atoms with van der Waals surface area (Å²) < 4.78 is 10.5. The standard InChI is InChI=1S/C20H24N2O3/c1-15-6-4-5-7-17(15)11-13-22-20(23)21-12-10-16-8-9-18(24-2)19(14-16)25-3/h4-9,11,13-14H,10,12H2,1-3H3,(H2,21,22,23)/b13-11+. The number of urea groups is 1. The minimum absolute atomic E-state index is 0.231. The van der Waals surface area contributed by atoms with Gasteiger partial charge in [-0.05, 0) is 48.2 Å². The van der Waals surface area contributed by atoms with Gasteiger partial charge in [-0.2, -0.15) is 0 Å². The SMILES string of the molecule is COc1ccc(CCNC(=O)N/C=C/c2ccccc2C)cc1OC. The van der Waals surface area contributed by atoms with Gasteiger partial charge in [0.05, 0.1) is 14.2 Å². The summed E-state index contributed by atoms with van der Waals surface area (Å²) in [6.07, 6.45) is 4.23. The Bertz CT molecular complexity index is 741. The van der Waals surface area contributed by atoms with Crippen molar-refractivity contribution in [2.45, 2.75) is 13.3 Å². The molecule has 2 N–H and O–H groups in total. The van der Waals surface area contributed by atoms with E-state index in [0.717, 1.165) is 16.7 Å². The van der Waals surface area contributed by atoms with Crippen LogP contribution in [0.2, 0.25) is 0 Å². The Morgan fingerprint density at radius 3 is 2.56 bits per heavy atom. The third-order valence-electron chi connectivity index (χ3n) is 3.81. The van der Waals surface area contributed by atoms with Gasteiger partial charge >= 0.3 is 6.03 Å². The topological polar surface area (TPSA) is 59.6 Å². The van der Waals surface area contributed by atoms with Crippen LogP contribution in [0.1, 0.15) is 16.7 Å². The molecule has 2 amide bonds. The van der Waals surface area contributed by atoms with Crippen LogP contribution in [0.3, 0.4) is 0 Å². The molecule has 0 aliphatic carbocycles. The minimum atomic E-state index is -0.231. The first-order valence-electron chi connectivity index (χ1n) is 8.11. The molecule has 0 saturated carbocycles. The predicted octanol–water partition coefficient (Wildman–Crippen LogP) is 3.52. The molecule has 132 valence electrons. The molecule has 2 aromatic carbocycles. The lowest BCUT2D eigenvalue weighted by Crippen LogP contribution is -2.33. The third kappa shape index (κ3) is 5.57. The summed E-state index contributed by atoms with van der Waals surface area (Å²) in [5, 5.41) is 5.53. The first kappa shape index (κ1) is 18.4. The maximum Gasteiger partial charge on any atom is 0.318 e. The zero-order valence-electron chi connectivity index (χ0n) is 14.8. The zero-order valence-corrected chi connectivity index (χ0v) is 14.8. The smallest absolute Gasteiger partial charge is 0.318 e. The highest BCUT2D eigenvalue weighted by Crippen LogP contribution is 2.27. The van der Waals surface area contributed by atoms with Crippen LogP contribution in [0, 0.1) is 6.92 Å². The van der Waals surface area contributed by atoms with Crippen molar-refractivity contribution < 1.29 is 14.3 Å². The average molecular weight is 340 g/mol. The quantitative estimate of drug-likeness (QED) is 0.811. The molecule has 0 aliphatic heterocycles. The molecule has 5 heteroatoms. The molecule has 0 spiro atoms. The van der Waals surface area contributed by atoms with Gasteiger partial charge in [-0.3, -0.25) is 0 Å². The summed E-state index contributed by atoms with van der Waals surface area (Å²) in [5.74, 6) is 1.38. The van der Waals surface area contributed by atoms with Crippen molar-refractivity contribution in [2.75, 3.05) is 20.8 Å². The van der Waals surface area contributed by atoms with Crippen LogP contribution in [0.5, 0.6) is 11.5 Å². The molecule has 0 aliphatic rings. The molecule has 0 aromatic heterocycles. The highest BCUT2D eigenvalue weighted by atomic mass is 16.5. The van der Waals surface area contributed by atoms with Gasteiger partial charge in [-0.15, -0.1) is 0 Å². The van der Waals surface area contributed by atoms with Gasteiger partial charge in [-0.1, -0.05) is 30.3 Å². The number of carbonyl (C=O) groups excluding carboxylic acids is 1. The van der Waals surface area contributed by atoms with Crippen LogP contribution in [0.4, 0.5) is 4.79 Å².